The molecule has 0 bridgehead atoms. The van der Waals surface area contributed by atoms with Gasteiger partial charge in [-0.15, -0.1) is 0 Å². The lowest BCUT2D eigenvalue weighted by Crippen LogP contribution is -2.35. The molecule has 0 atom stereocenters. The van der Waals surface area contributed by atoms with Crippen molar-refractivity contribution >= 4 is 0 Å². The molecular weight excluding hydrogens is 430 g/mol. The molecule has 0 saturated heterocycles. The number of ether oxygens (including phenoxy) is 2. The number of benzene rings is 1. The predicted octanol–water partition coefficient (Wildman–Crippen LogP) is 3.47. The Bertz CT molecular complexity index is 1350. The van der Waals surface area contributed by atoms with E-state index >= 15 is 0 Å². The summed E-state index contributed by atoms with van der Waals surface area (Å²) >= 11 is 0. The van der Waals surface area contributed by atoms with E-state index in [2.05, 4.69) is 25.9 Å². The van der Waals surface area contributed by atoms with E-state index in [1.807, 2.05) is 42.6 Å². The van der Waals surface area contributed by atoms with E-state index in [-0.39, 0.29) is 5.56 Å². The van der Waals surface area contributed by atoms with Crippen molar-refractivity contribution in [1.29, 1.82) is 0 Å². The van der Waals surface area contributed by atoms with Crippen LogP contribution in [0.1, 0.15) is 16.8 Å². The number of nitrogens with one attached hydrogen (secondary N) is 1. The average molecular weight is 456 g/mol. The molecule has 34 heavy (non-hydrogen) atoms. The van der Waals surface area contributed by atoms with Crippen LogP contribution in [-0.2, 0) is 19.5 Å². The summed E-state index contributed by atoms with van der Waals surface area (Å²) in [4.78, 5) is 31.4. The van der Waals surface area contributed by atoms with Crippen LogP contribution in [0.4, 0.5) is 0 Å². The monoisotopic (exact) mass is 455 g/mol. The van der Waals surface area contributed by atoms with Crippen molar-refractivity contribution in [1.82, 2.24) is 24.8 Å². The van der Waals surface area contributed by atoms with Crippen LogP contribution in [0.25, 0.3) is 22.6 Å². The largest absolute Gasteiger partial charge is 0.497 e. The number of hydrogen-bond donors (Lipinski definition) is 1. The van der Waals surface area contributed by atoms with Gasteiger partial charge in [0.1, 0.15) is 17.3 Å². The number of methoxy groups -OCH3 is 2. The molecule has 1 aromatic carbocycles. The molecule has 0 fully saturated rings. The molecule has 8 nitrogen and oxygen atoms in total. The fourth-order valence-electron chi connectivity index (χ4n) is 4.21. The molecule has 0 saturated carbocycles. The number of pyridine rings is 2. The van der Waals surface area contributed by atoms with Crippen molar-refractivity contribution in [2.45, 2.75) is 19.5 Å². The Morgan fingerprint density at radius 3 is 2.74 bits per heavy atom. The maximum atomic E-state index is 12.8. The van der Waals surface area contributed by atoms with Crippen LogP contribution in [0, 0.1) is 0 Å². The van der Waals surface area contributed by atoms with E-state index in [0.717, 1.165) is 58.1 Å². The normalized spacial score (nSPS) is 13.4. The number of rotatable bonds is 6. The minimum atomic E-state index is -0.0906. The zero-order chi connectivity index (χ0) is 23.5. The quantitative estimate of drug-likeness (QED) is 0.476. The van der Waals surface area contributed by atoms with Crippen molar-refractivity contribution in [2.24, 2.45) is 0 Å². The highest BCUT2D eigenvalue weighted by atomic mass is 16.5. The van der Waals surface area contributed by atoms with Crippen molar-refractivity contribution in [3.63, 3.8) is 0 Å². The lowest BCUT2D eigenvalue weighted by Gasteiger charge is -2.27. The molecule has 1 aliphatic rings. The van der Waals surface area contributed by atoms with Gasteiger partial charge in [-0.05, 0) is 42.0 Å². The number of fused-ring (bicyclic) bond motifs is 1. The number of hydrogen-bond acceptors (Lipinski definition) is 7. The Morgan fingerprint density at radius 1 is 1.09 bits per heavy atom. The van der Waals surface area contributed by atoms with Gasteiger partial charge in [0.05, 0.1) is 31.2 Å². The molecule has 4 heterocycles. The van der Waals surface area contributed by atoms with E-state index in [9.17, 15) is 4.79 Å². The zero-order valence-electron chi connectivity index (χ0n) is 19.1. The molecule has 0 amide bonds. The maximum absolute atomic E-state index is 12.8. The fraction of sp³-hybridized carbons (Fsp3) is 0.231. The summed E-state index contributed by atoms with van der Waals surface area (Å²) < 4.78 is 10.8. The first-order valence-electron chi connectivity index (χ1n) is 11.1. The van der Waals surface area contributed by atoms with Gasteiger partial charge in [-0.2, -0.15) is 0 Å². The molecule has 8 heteroatoms. The second-order valence-corrected chi connectivity index (χ2v) is 8.16. The SMILES string of the molecule is COc1ccc(OC)c(-c2ccc(CN3CCc4nc(-c5cccnc5)[nH]c(=O)c4C3)cn2)c1. The van der Waals surface area contributed by atoms with Crippen molar-refractivity contribution in [3.05, 3.63) is 88.2 Å². The second-order valence-electron chi connectivity index (χ2n) is 8.16. The summed E-state index contributed by atoms with van der Waals surface area (Å²) in [6.07, 6.45) is 6.00. The Kier molecular flexibility index (Phi) is 6.05. The smallest absolute Gasteiger partial charge is 0.255 e. The fourth-order valence-corrected chi connectivity index (χ4v) is 4.21. The van der Waals surface area contributed by atoms with Crippen LogP contribution in [0.5, 0.6) is 11.5 Å². The Morgan fingerprint density at radius 2 is 2.00 bits per heavy atom. The van der Waals surface area contributed by atoms with Gasteiger partial charge in [0.2, 0.25) is 0 Å². The van der Waals surface area contributed by atoms with E-state index in [4.69, 9.17) is 14.5 Å². The van der Waals surface area contributed by atoms with Gasteiger partial charge in [-0.1, -0.05) is 6.07 Å². The minimum Gasteiger partial charge on any atom is -0.497 e. The van der Waals surface area contributed by atoms with Crippen LogP contribution in [0.3, 0.4) is 0 Å². The average Bonchev–Trinajstić information content (AvgIpc) is 2.89. The van der Waals surface area contributed by atoms with Gasteiger partial charge in [0.15, 0.2) is 0 Å². The highest BCUT2D eigenvalue weighted by Crippen LogP contribution is 2.32. The molecule has 5 rings (SSSR count). The topological polar surface area (TPSA) is 93.2 Å². The molecule has 4 aromatic rings. The van der Waals surface area contributed by atoms with Crippen LogP contribution in [-0.4, -0.2) is 45.6 Å². The van der Waals surface area contributed by atoms with E-state index in [1.54, 1.807) is 26.6 Å². The molecule has 1 aliphatic heterocycles. The zero-order valence-corrected chi connectivity index (χ0v) is 19.1. The summed E-state index contributed by atoms with van der Waals surface area (Å²) in [6.45, 7) is 2.07. The van der Waals surface area contributed by atoms with Gasteiger partial charge in [-0.25, -0.2) is 4.98 Å². The van der Waals surface area contributed by atoms with E-state index in [0.29, 0.717) is 18.9 Å². The summed E-state index contributed by atoms with van der Waals surface area (Å²) in [6, 6.07) is 13.4. The first kappa shape index (κ1) is 21.8. The molecule has 0 unspecified atom stereocenters. The van der Waals surface area contributed by atoms with Gasteiger partial charge < -0.3 is 14.5 Å². The summed E-state index contributed by atoms with van der Waals surface area (Å²) in [7, 11) is 3.28. The lowest BCUT2D eigenvalue weighted by molar-refractivity contribution is 0.241. The minimum absolute atomic E-state index is 0.0906. The highest BCUT2D eigenvalue weighted by molar-refractivity contribution is 5.69. The molecule has 172 valence electrons. The van der Waals surface area contributed by atoms with Crippen molar-refractivity contribution < 1.29 is 9.47 Å². The molecule has 1 N–H and O–H groups in total. The van der Waals surface area contributed by atoms with Crippen molar-refractivity contribution in [3.8, 4) is 34.1 Å². The first-order chi connectivity index (χ1) is 16.6. The Labute approximate surface area is 197 Å². The lowest BCUT2D eigenvalue weighted by atomic mass is 10.1. The van der Waals surface area contributed by atoms with Gasteiger partial charge in [0, 0.05) is 55.8 Å². The molecule has 0 aliphatic carbocycles. The third-order valence-corrected chi connectivity index (χ3v) is 6.00. The van der Waals surface area contributed by atoms with Gasteiger partial charge in [-0.3, -0.25) is 19.7 Å². The van der Waals surface area contributed by atoms with Gasteiger partial charge >= 0.3 is 0 Å². The number of nitrogens with zero attached hydrogens (tertiary/aromatic N) is 4. The third-order valence-electron chi connectivity index (χ3n) is 6.00. The molecule has 0 spiro atoms. The summed E-state index contributed by atoms with van der Waals surface area (Å²) in [5.41, 5.74) is 5.07. The number of aromatic amines is 1. The molecule has 3 aromatic heterocycles. The maximum Gasteiger partial charge on any atom is 0.255 e. The third kappa shape index (κ3) is 4.40. The Balaban J connectivity index is 1.32. The van der Waals surface area contributed by atoms with Crippen molar-refractivity contribution in [2.75, 3.05) is 20.8 Å². The van der Waals surface area contributed by atoms with Crippen LogP contribution < -0.4 is 15.0 Å². The number of H-pyrrole nitrogens is 1. The van der Waals surface area contributed by atoms with Crippen LogP contribution >= 0.6 is 0 Å². The highest BCUT2D eigenvalue weighted by Gasteiger charge is 2.22. The molecule has 0 radical (unpaired) electrons. The van der Waals surface area contributed by atoms with Crippen LogP contribution in [0.15, 0.2) is 65.8 Å². The van der Waals surface area contributed by atoms with Gasteiger partial charge in [0.25, 0.3) is 5.56 Å². The first-order valence-corrected chi connectivity index (χ1v) is 11.1. The predicted molar refractivity (Wildman–Crippen MR) is 129 cm³/mol. The second kappa shape index (κ2) is 9.44. The summed E-state index contributed by atoms with van der Waals surface area (Å²) in [5, 5.41) is 0. The standard InChI is InChI=1S/C26H25N5O3/c1-33-19-6-8-24(34-2)20(12-19)22-7-5-17(13-28-22)15-31-11-9-23-21(16-31)26(32)30-25(29-23)18-4-3-10-27-14-18/h3-8,10,12-14H,9,11,15-16H2,1-2H3,(H,29,30,32). The summed E-state index contributed by atoms with van der Waals surface area (Å²) in [5.74, 6) is 2.06. The van der Waals surface area contributed by atoms with E-state index < -0.39 is 0 Å². The Hall–Kier alpha value is -4.04. The van der Waals surface area contributed by atoms with Crippen LogP contribution in [0.2, 0.25) is 0 Å². The number of aromatic nitrogens is 4. The molecular formula is C26H25N5O3. The van der Waals surface area contributed by atoms with E-state index in [1.165, 1.54) is 0 Å².